The number of carbonyl (C=O) groups excluding carboxylic acids is 1. The standard InChI is InChI=1S/C19H18F4N4O/c1-17-7-18(8-17,9-17)16(28)25-12-2-3-27-14(12)5-13(26-27)10-4-15(19(21,22)23)24-6-11(10)20/h4-6,12H,2-3,7-9H2,1H3,(H,25,28). The van der Waals surface area contributed by atoms with Crippen molar-refractivity contribution in [1.82, 2.24) is 20.1 Å². The summed E-state index contributed by atoms with van der Waals surface area (Å²) in [5, 5.41) is 7.31. The van der Waals surface area contributed by atoms with Gasteiger partial charge in [0.2, 0.25) is 5.91 Å². The van der Waals surface area contributed by atoms with Crippen LogP contribution in [0.3, 0.4) is 0 Å². The SMILES string of the molecule is CC12CC(C(=O)NC3CCn4nc(-c5cc(C(F)(F)F)ncc5F)cc43)(C1)C2. The number of alkyl halides is 3. The minimum Gasteiger partial charge on any atom is -0.347 e. The molecule has 2 aromatic heterocycles. The van der Waals surface area contributed by atoms with Crippen molar-refractivity contribution in [3.8, 4) is 11.3 Å². The van der Waals surface area contributed by atoms with Crippen LogP contribution in [0.5, 0.6) is 0 Å². The van der Waals surface area contributed by atoms with Crippen molar-refractivity contribution in [2.24, 2.45) is 10.8 Å². The van der Waals surface area contributed by atoms with E-state index in [0.29, 0.717) is 36.3 Å². The molecule has 0 saturated heterocycles. The van der Waals surface area contributed by atoms with Crippen molar-refractivity contribution in [3.63, 3.8) is 0 Å². The molecular weight excluding hydrogens is 376 g/mol. The predicted molar refractivity (Wildman–Crippen MR) is 90.3 cm³/mol. The molecule has 2 bridgehead atoms. The van der Waals surface area contributed by atoms with Gasteiger partial charge in [-0.1, -0.05) is 6.92 Å². The van der Waals surface area contributed by atoms with E-state index >= 15 is 0 Å². The molecular formula is C19H18F4N4O. The lowest BCUT2D eigenvalue weighted by atomic mass is 9.35. The van der Waals surface area contributed by atoms with Gasteiger partial charge in [0.25, 0.3) is 0 Å². The Morgan fingerprint density at radius 2 is 2.00 bits per heavy atom. The molecule has 1 amide bonds. The third kappa shape index (κ3) is 2.48. The van der Waals surface area contributed by atoms with Gasteiger partial charge in [0.05, 0.1) is 29.0 Å². The van der Waals surface area contributed by atoms with Gasteiger partial charge in [0.1, 0.15) is 5.69 Å². The van der Waals surface area contributed by atoms with Crippen LogP contribution in [0.25, 0.3) is 11.3 Å². The molecule has 0 spiro atoms. The zero-order valence-electron chi connectivity index (χ0n) is 15.1. The van der Waals surface area contributed by atoms with Crippen LogP contribution in [0.1, 0.15) is 50.0 Å². The quantitative estimate of drug-likeness (QED) is 0.805. The number of halogens is 4. The normalized spacial score (nSPS) is 30.4. The number of carbonyl (C=O) groups is 1. The number of hydrogen-bond donors (Lipinski definition) is 1. The first kappa shape index (κ1) is 17.6. The highest BCUT2D eigenvalue weighted by Gasteiger charge is 2.68. The molecule has 28 heavy (non-hydrogen) atoms. The molecule has 3 saturated carbocycles. The lowest BCUT2D eigenvalue weighted by molar-refractivity contribution is -0.200. The molecule has 1 unspecified atom stereocenters. The van der Waals surface area contributed by atoms with E-state index in [1.165, 1.54) is 0 Å². The summed E-state index contributed by atoms with van der Waals surface area (Å²) in [6.45, 7) is 2.70. The van der Waals surface area contributed by atoms with E-state index in [-0.39, 0.29) is 28.6 Å². The maximum Gasteiger partial charge on any atom is 0.433 e. The lowest BCUT2D eigenvalue weighted by Gasteiger charge is -2.68. The molecule has 6 rings (SSSR count). The van der Waals surface area contributed by atoms with Crippen molar-refractivity contribution in [2.75, 3.05) is 0 Å². The fraction of sp³-hybridized carbons (Fsp3) is 0.526. The average molecular weight is 394 g/mol. The second kappa shape index (κ2) is 5.33. The minimum absolute atomic E-state index is 0.0341. The zero-order valence-corrected chi connectivity index (χ0v) is 15.1. The van der Waals surface area contributed by atoms with Gasteiger partial charge in [-0.2, -0.15) is 18.3 Å². The van der Waals surface area contributed by atoms with Crippen molar-refractivity contribution >= 4 is 5.91 Å². The summed E-state index contributed by atoms with van der Waals surface area (Å²) in [5.74, 6) is -0.834. The average Bonchev–Trinajstić information content (AvgIpc) is 3.12. The van der Waals surface area contributed by atoms with Crippen LogP contribution in [-0.2, 0) is 17.5 Å². The summed E-state index contributed by atoms with van der Waals surface area (Å²) in [5.41, 5.74) is -0.551. The number of pyridine rings is 1. The Morgan fingerprint density at radius 1 is 1.29 bits per heavy atom. The van der Waals surface area contributed by atoms with Gasteiger partial charge in [0.15, 0.2) is 5.82 Å². The molecule has 5 nitrogen and oxygen atoms in total. The van der Waals surface area contributed by atoms with Gasteiger partial charge in [-0.05, 0) is 43.2 Å². The smallest absolute Gasteiger partial charge is 0.347 e. The van der Waals surface area contributed by atoms with Crippen LogP contribution < -0.4 is 5.32 Å². The van der Waals surface area contributed by atoms with Crippen LogP contribution in [0.2, 0.25) is 0 Å². The molecule has 3 aliphatic carbocycles. The fourth-order valence-corrected chi connectivity index (χ4v) is 5.21. The maximum absolute atomic E-state index is 14.1. The monoisotopic (exact) mass is 394 g/mol. The van der Waals surface area contributed by atoms with Crippen molar-refractivity contribution in [3.05, 3.63) is 35.5 Å². The number of nitrogens with zero attached hydrogens (tertiary/aromatic N) is 3. The molecule has 3 heterocycles. The lowest BCUT2D eigenvalue weighted by Crippen LogP contribution is -2.66. The van der Waals surface area contributed by atoms with E-state index in [1.54, 1.807) is 10.7 Å². The first-order valence-corrected chi connectivity index (χ1v) is 9.21. The number of rotatable bonds is 3. The van der Waals surface area contributed by atoms with Gasteiger partial charge >= 0.3 is 6.18 Å². The van der Waals surface area contributed by atoms with Gasteiger partial charge in [-0.25, -0.2) is 9.37 Å². The Labute approximate surface area is 158 Å². The second-order valence-electron chi connectivity index (χ2n) is 8.66. The van der Waals surface area contributed by atoms with E-state index in [9.17, 15) is 22.4 Å². The number of amides is 1. The van der Waals surface area contributed by atoms with Crippen LogP contribution in [0, 0.1) is 16.6 Å². The Hall–Kier alpha value is -2.45. The zero-order chi connectivity index (χ0) is 19.9. The second-order valence-corrected chi connectivity index (χ2v) is 8.66. The Bertz CT molecular complexity index is 977. The van der Waals surface area contributed by atoms with Gasteiger partial charge in [-0.15, -0.1) is 0 Å². The van der Waals surface area contributed by atoms with Gasteiger partial charge in [-0.3, -0.25) is 9.48 Å². The first-order valence-electron chi connectivity index (χ1n) is 9.21. The summed E-state index contributed by atoms with van der Waals surface area (Å²) >= 11 is 0. The van der Waals surface area contributed by atoms with Gasteiger partial charge in [0, 0.05) is 12.1 Å². The van der Waals surface area contributed by atoms with Crippen molar-refractivity contribution in [2.45, 2.75) is 51.4 Å². The molecule has 1 N–H and O–H groups in total. The van der Waals surface area contributed by atoms with Crippen molar-refractivity contribution < 1.29 is 22.4 Å². The maximum atomic E-state index is 14.1. The van der Waals surface area contributed by atoms with Crippen LogP contribution in [-0.4, -0.2) is 20.7 Å². The molecule has 9 heteroatoms. The minimum atomic E-state index is -4.67. The summed E-state index contributed by atoms with van der Waals surface area (Å²) in [4.78, 5) is 15.8. The highest BCUT2D eigenvalue weighted by molar-refractivity contribution is 5.86. The number of aryl methyl sites for hydroxylation is 1. The molecule has 148 valence electrons. The summed E-state index contributed by atoms with van der Waals surface area (Å²) in [6.07, 6.45) is -0.719. The Balaban J connectivity index is 1.39. The van der Waals surface area contributed by atoms with Crippen LogP contribution >= 0.6 is 0 Å². The largest absolute Gasteiger partial charge is 0.433 e. The molecule has 2 aromatic rings. The molecule has 3 fully saturated rings. The molecule has 0 radical (unpaired) electrons. The van der Waals surface area contributed by atoms with Gasteiger partial charge < -0.3 is 5.32 Å². The highest BCUT2D eigenvalue weighted by Crippen LogP contribution is 2.73. The topological polar surface area (TPSA) is 59.8 Å². The molecule has 0 aromatic carbocycles. The third-order valence-corrected chi connectivity index (χ3v) is 6.30. The number of fused-ring (bicyclic) bond motifs is 1. The Kier molecular flexibility index (Phi) is 3.36. The summed E-state index contributed by atoms with van der Waals surface area (Å²) in [7, 11) is 0. The van der Waals surface area contributed by atoms with Crippen LogP contribution in [0.4, 0.5) is 17.6 Å². The fourth-order valence-electron chi connectivity index (χ4n) is 5.21. The van der Waals surface area contributed by atoms with E-state index in [0.717, 1.165) is 19.3 Å². The van der Waals surface area contributed by atoms with E-state index in [2.05, 4.69) is 22.3 Å². The number of aromatic nitrogens is 3. The van der Waals surface area contributed by atoms with E-state index in [1.807, 2.05) is 0 Å². The summed E-state index contributed by atoms with van der Waals surface area (Å²) in [6, 6.07) is 1.96. The highest BCUT2D eigenvalue weighted by atomic mass is 19.4. The number of nitrogens with one attached hydrogen (secondary N) is 1. The Morgan fingerprint density at radius 3 is 2.64 bits per heavy atom. The van der Waals surface area contributed by atoms with Crippen molar-refractivity contribution in [1.29, 1.82) is 0 Å². The molecule has 1 aliphatic heterocycles. The predicted octanol–water partition coefficient (Wildman–Crippen LogP) is 3.85. The molecule has 4 aliphatic rings. The molecule has 1 atom stereocenters. The van der Waals surface area contributed by atoms with E-state index < -0.39 is 17.7 Å². The number of hydrogen-bond acceptors (Lipinski definition) is 3. The summed E-state index contributed by atoms with van der Waals surface area (Å²) < 4.78 is 54.5. The van der Waals surface area contributed by atoms with E-state index in [4.69, 9.17) is 0 Å². The third-order valence-electron chi connectivity index (χ3n) is 6.30. The van der Waals surface area contributed by atoms with Crippen LogP contribution in [0.15, 0.2) is 18.3 Å². The first-order chi connectivity index (χ1) is 13.1.